The molecule has 0 unspecified atom stereocenters. The van der Waals surface area contributed by atoms with Gasteiger partial charge in [-0.25, -0.2) is 0 Å². The summed E-state index contributed by atoms with van der Waals surface area (Å²) in [5.74, 6) is 1.33. The van der Waals surface area contributed by atoms with Gasteiger partial charge in [-0.3, -0.25) is 14.5 Å². The largest absolute Gasteiger partial charge is 0.490 e. The van der Waals surface area contributed by atoms with Crippen LogP contribution >= 0.6 is 0 Å². The number of nitrogens with two attached hydrogens (primary N) is 1. The van der Waals surface area contributed by atoms with Crippen molar-refractivity contribution in [3.05, 3.63) is 17.7 Å². The van der Waals surface area contributed by atoms with Gasteiger partial charge in [0, 0.05) is 30.6 Å². The van der Waals surface area contributed by atoms with E-state index in [1.807, 2.05) is 25.7 Å². The SMILES string of the molecule is CCOc1cc(C(=O)N2CC(N3CCC(C(N)=O)CC3)C2)cc(OCC)c1OCC. The molecule has 30 heavy (non-hydrogen) atoms. The lowest BCUT2D eigenvalue weighted by atomic mass is 9.93. The highest BCUT2D eigenvalue weighted by atomic mass is 16.5. The molecule has 166 valence electrons. The highest BCUT2D eigenvalue weighted by Gasteiger charge is 2.37. The van der Waals surface area contributed by atoms with Crippen molar-refractivity contribution in [2.24, 2.45) is 11.7 Å². The first-order valence-electron chi connectivity index (χ1n) is 10.9. The number of piperidine rings is 1. The van der Waals surface area contributed by atoms with Crippen molar-refractivity contribution in [3.8, 4) is 17.2 Å². The van der Waals surface area contributed by atoms with E-state index in [9.17, 15) is 9.59 Å². The summed E-state index contributed by atoms with van der Waals surface area (Å²) in [7, 11) is 0. The summed E-state index contributed by atoms with van der Waals surface area (Å²) in [5.41, 5.74) is 5.96. The molecule has 0 atom stereocenters. The number of hydrogen-bond acceptors (Lipinski definition) is 6. The van der Waals surface area contributed by atoms with Crippen molar-refractivity contribution in [2.75, 3.05) is 46.0 Å². The topological polar surface area (TPSA) is 94.3 Å². The molecule has 1 aromatic carbocycles. The van der Waals surface area contributed by atoms with Crippen LogP contribution in [-0.2, 0) is 4.79 Å². The third-order valence-electron chi connectivity index (χ3n) is 5.75. The lowest BCUT2D eigenvalue weighted by Gasteiger charge is -2.47. The number of carbonyl (C=O) groups is 2. The Morgan fingerprint density at radius 2 is 1.50 bits per heavy atom. The van der Waals surface area contributed by atoms with Gasteiger partial charge in [-0.1, -0.05) is 0 Å². The maximum Gasteiger partial charge on any atom is 0.254 e. The molecule has 8 nitrogen and oxygen atoms in total. The number of nitrogens with zero attached hydrogens (tertiary/aromatic N) is 2. The van der Waals surface area contributed by atoms with Gasteiger partial charge in [0.25, 0.3) is 5.91 Å². The van der Waals surface area contributed by atoms with Gasteiger partial charge >= 0.3 is 0 Å². The van der Waals surface area contributed by atoms with Crippen molar-refractivity contribution in [1.82, 2.24) is 9.80 Å². The molecule has 3 rings (SSSR count). The van der Waals surface area contributed by atoms with Crippen molar-refractivity contribution < 1.29 is 23.8 Å². The van der Waals surface area contributed by atoms with Crippen LogP contribution in [0, 0.1) is 5.92 Å². The Hall–Kier alpha value is -2.48. The van der Waals surface area contributed by atoms with E-state index in [2.05, 4.69) is 4.90 Å². The Bertz CT molecular complexity index is 728. The Kier molecular flexibility index (Phi) is 7.42. The number of rotatable bonds is 9. The van der Waals surface area contributed by atoms with Crippen molar-refractivity contribution >= 4 is 11.8 Å². The molecule has 0 aliphatic carbocycles. The summed E-state index contributed by atoms with van der Waals surface area (Å²) >= 11 is 0. The summed E-state index contributed by atoms with van der Waals surface area (Å²) in [6.45, 7) is 10.2. The zero-order valence-electron chi connectivity index (χ0n) is 18.2. The standard InChI is InChI=1S/C22H33N3O5/c1-4-28-18-11-16(12-19(29-5-2)20(18)30-6-3)22(27)25-13-17(14-25)24-9-7-15(8-10-24)21(23)26/h11-12,15,17H,4-10,13-14H2,1-3H3,(H2,23,26). The normalized spacial score (nSPS) is 18.0. The number of ether oxygens (including phenoxy) is 3. The molecule has 0 radical (unpaired) electrons. The molecule has 0 bridgehead atoms. The quantitative estimate of drug-likeness (QED) is 0.657. The molecule has 0 aromatic heterocycles. The third kappa shape index (κ3) is 4.80. The monoisotopic (exact) mass is 419 g/mol. The van der Waals surface area contributed by atoms with Crippen LogP contribution in [0.15, 0.2) is 12.1 Å². The van der Waals surface area contributed by atoms with E-state index >= 15 is 0 Å². The van der Waals surface area contributed by atoms with Crippen LogP contribution in [0.4, 0.5) is 0 Å². The summed E-state index contributed by atoms with van der Waals surface area (Å²) in [6, 6.07) is 3.82. The van der Waals surface area contributed by atoms with E-state index in [1.165, 1.54) is 0 Å². The zero-order chi connectivity index (χ0) is 21.7. The lowest BCUT2D eigenvalue weighted by Crippen LogP contribution is -2.62. The fraction of sp³-hybridized carbons (Fsp3) is 0.636. The van der Waals surface area contributed by atoms with Gasteiger partial charge in [-0.05, 0) is 58.8 Å². The second kappa shape index (κ2) is 10.0. The molecule has 2 aliphatic rings. The zero-order valence-corrected chi connectivity index (χ0v) is 18.2. The predicted molar refractivity (Wildman–Crippen MR) is 113 cm³/mol. The highest BCUT2D eigenvalue weighted by molar-refractivity contribution is 5.96. The van der Waals surface area contributed by atoms with Crippen molar-refractivity contribution in [2.45, 2.75) is 39.7 Å². The maximum atomic E-state index is 13.1. The lowest BCUT2D eigenvalue weighted by molar-refractivity contribution is -0.123. The minimum atomic E-state index is -0.203. The van der Waals surface area contributed by atoms with Crippen LogP contribution < -0.4 is 19.9 Å². The Labute approximate surface area is 178 Å². The van der Waals surface area contributed by atoms with Gasteiger partial charge < -0.3 is 24.8 Å². The van der Waals surface area contributed by atoms with E-state index in [0.717, 1.165) is 25.9 Å². The highest BCUT2D eigenvalue weighted by Crippen LogP contribution is 2.39. The van der Waals surface area contributed by atoms with E-state index in [4.69, 9.17) is 19.9 Å². The minimum absolute atomic E-state index is 0.0168. The molecule has 2 N–H and O–H groups in total. The molecular weight excluding hydrogens is 386 g/mol. The van der Waals surface area contributed by atoms with E-state index in [0.29, 0.717) is 61.8 Å². The molecule has 2 heterocycles. The predicted octanol–water partition coefficient (Wildman–Crippen LogP) is 1.90. The van der Waals surface area contributed by atoms with Gasteiger partial charge in [0.1, 0.15) is 0 Å². The number of likely N-dealkylation sites (tertiary alicyclic amines) is 2. The van der Waals surface area contributed by atoms with Crippen LogP contribution in [0.25, 0.3) is 0 Å². The molecule has 0 saturated carbocycles. The Morgan fingerprint density at radius 1 is 0.967 bits per heavy atom. The number of amides is 2. The fourth-order valence-electron chi connectivity index (χ4n) is 4.10. The molecule has 2 saturated heterocycles. The Morgan fingerprint density at radius 3 is 1.97 bits per heavy atom. The second-order valence-electron chi connectivity index (χ2n) is 7.68. The molecular formula is C22H33N3O5. The second-order valence-corrected chi connectivity index (χ2v) is 7.68. The van der Waals surface area contributed by atoms with Gasteiger partial charge in [-0.15, -0.1) is 0 Å². The van der Waals surface area contributed by atoms with E-state index < -0.39 is 0 Å². The number of primary amides is 1. The van der Waals surface area contributed by atoms with E-state index in [1.54, 1.807) is 12.1 Å². The first kappa shape index (κ1) is 22.2. The molecule has 1 aromatic rings. The number of benzene rings is 1. The third-order valence-corrected chi connectivity index (χ3v) is 5.75. The van der Waals surface area contributed by atoms with Gasteiger partial charge in [0.05, 0.1) is 19.8 Å². The summed E-state index contributed by atoms with van der Waals surface area (Å²) < 4.78 is 17.2. The summed E-state index contributed by atoms with van der Waals surface area (Å²) in [5, 5.41) is 0. The van der Waals surface area contributed by atoms with Gasteiger partial charge in [0.2, 0.25) is 11.7 Å². The molecule has 0 spiro atoms. The first-order valence-corrected chi connectivity index (χ1v) is 10.9. The average molecular weight is 420 g/mol. The smallest absolute Gasteiger partial charge is 0.254 e. The molecule has 2 amide bonds. The van der Waals surface area contributed by atoms with Crippen LogP contribution in [0.3, 0.4) is 0 Å². The Balaban J connectivity index is 1.66. The van der Waals surface area contributed by atoms with E-state index in [-0.39, 0.29) is 17.7 Å². The number of carbonyl (C=O) groups excluding carboxylic acids is 2. The maximum absolute atomic E-state index is 13.1. The summed E-state index contributed by atoms with van der Waals surface area (Å²) in [4.78, 5) is 28.6. The first-order chi connectivity index (χ1) is 14.5. The van der Waals surface area contributed by atoms with Crippen molar-refractivity contribution in [1.29, 1.82) is 0 Å². The van der Waals surface area contributed by atoms with Crippen LogP contribution in [-0.4, -0.2) is 73.7 Å². The number of hydrogen-bond donors (Lipinski definition) is 1. The van der Waals surface area contributed by atoms with Gasteiger partial charge in [-0.2, -0.15) is 0 Å². The summed E-state index contributed by atoms with van der Waals surface area (Å²) in [6.07, 6.45) is 1.60. The average Bonchev–Trinajstić information content (AvgIpc) is 2.69. The molecule has 2 aliphatic heterocycles. The van der Waals surface area contributed by atoms with Gasteiger partial charge in [0.15, 0.2) is 11.5 Å². The van der Waals surface area contributed by atoms with Crippen LogP contribution in [0.5, 0.6) is 17.2 Å². The fourth-order valence-corrected chi connectivity index (χ4v) is 4.10. The minimum Gasteiger partial charge on any atom is -0.490 e. The molecule has 8 heteroatoms. The van der Waals surface area contributed by atoms with Crippen LogP contribution in [0.2, 0.25) is 0 Å². The van der Waals surface area contributed by atoms with Crippen molar-refractivity contribution in [3.63, 3.8) is 0 Å². The van der Waals surface area contributed by atoms with Crippen LogP contribution in [0.1, 0.15) is 44.0 Å². The molecule has 2 fully saturated rings.